The molecule has 0 aliphatic rings. The summed E-state index contributed by atoms with van der Waals surface area (Å²) < 4.78 is 22.6. The summed E-state index contributed by atoms with van der Waals surface area (Å²) in [6.07, 6.45) is 15.5. The van der Waals surface area contributed by atoms with Gasteiger partial charge in [0.25, 0.3) is 0 Å². The number of ether oxygens (including phenoxy) is 4. The Morgan fingerprint density at radius 3 is 1.22 bits per heavy atom. The Morgan fingerprint density at radius 1 is 0.438 bits per heavy atom. The molecule has 0 saturated heterocycles. The molecule has 6 heteroatoms. The minimum Gasteiger partial charge on any atom is -0.395 e. The van der Waals surface area contributed by atoms with Gasteiger partial charge in [-0.15, -0.1) is 0 Å². The zero-order chi connectivity index (χ0) is 23.4. The van der Waals surface area contributed by atoms with Crippen LogP contribution in [0.3, 0.4) is 0 Å². The zero-order valence-corrected chi connectivity index (χ0v) is 21.5. The van der Waals surface area contributed by atoms with E-state index in [0.29, 0.717) is 46.2 Å². The van der Waals surface area contributed by atoms with Gasteiger partial charge in [-0.25, -0.2) is 0 Å². The number of nitrogens with zero attached hydrogens (tertiary/aromatic N) is 1. The molecule has 0 aliphatic carbocycles. The molecule has 1 N–H and O–H groups in total. The van der Waals surface area contributed by atoms with Gasteiger partial charge in [-0.1, -0.05) is 78.1 Å². The van der Waals surface area contributed by atoms with Crippen molar-refractivity contribution in [3.8, 4) is 0 Å². The van der Waals surface area contributed by atoms with Crippen LogP contribution in [-0.4, -0.2) is 89.1 Å². The second kappa shape index (κ2) is 28.8. The minimum absolute atomic E-state index is 0.155. The molecule has 0 aromatic rings. The smallest absolute Gasteiger partial charge is 0.0701 e. The van der Waals surface area contributed by atoms with E-state index in [1.54, 1.807) is 0 Å². The lowest BCUT2D eigenvalue weighted by atomic mass is 10.1. The third-order valence-corrected chi connectivity index (χ3v) is 5.55. The highest BCUT2D eigenvalue weighted by atomic mass is 16.5. The molecule has 0 aromatic carbocycles. The first-order valence-corrected chi connectivity index (χ1v) is 13.5. The number of unbranched alkanes of at least 4 members (excludes halogenated alkanes) is 10. The fraction of sp³-hybridized carbons (Fsp3) is 1.00. The third kappa shape index (κ3) is 26.0. The maximum atomic E-state index is 9.26. The number of aliphatic hydroxyl groups excluding tert-OH is 1. The number of hydrogen-bond donors (Lipinski definition) is 1. The summed E-state index contributed by atoms with van der Waals surface area (Å²) in [5.74, 6) is 0. The van der Waals surface area contributed by atoms with Crippen molar-refractivity contribution in [1.29, 1.82) is 0 Å². The van der Waals surface area contributed by atoms with E-state index in [4.69, 9.17) is 18.9 Å². The molecule has 0 rings (SSSR count). The standard InChI is InChI=1S/C26H55NO5/c1-3-5-7-9-11-13-19-29-23-25-31-21-16-27(15-18-28)17-22-32-26-24-30-20-14-12-10-8-6-4-2/h28H,3-26H2,1-2H3. The van der Waals surface area contributed by atoms with Crippen LogP contribution in [0.4, 0.5) is 0 Å². The van der Waals surface area contributed by atoms with Crippen LogP contribution in [0.1, 0.15) is 90.9 Å². The van der Waals surface area contributed by atoms with Crippen LogP contribution in [0.5, 0.6) is 0 Å². The SMILES string of the molecule is CCCCCCCCOCCOCCN(CCO)CCOCCOCCCCCCCC. The van der Waals surface area contributed by atoms with Crippen molar-refractivity contribution in [1.82, 2.24) is 4.90 Å². The first-order chi connectivity index (χ1) is 15.8. The summed E-state index contributed by atoms with van der Waals surface area (Å²) in [6.45, 7) is 12.5. The summed E-state index contributed by atoms with van der Waals surface area (Å²) >= 11 is 0. The van der Waals surface area contributed by atoms with Gasteiger partial charge >= 0.3 is 0 Å². The molecule has 0 bridgehead atoms. The van der Waals surface area contributed by atoms with Crippen molar-refractivity contribution in [3.05, 3.63) is 0 Å². The zero-order valence-electron chi connectivity index (χ0n) is 21.5. The lowest BCUT2D eigenvalue weighted by Gasteiger charge is -2.21. The fourth-order valence-corrected chi connectivity index (χ4v) is 3.48. The van der Waals surface area contributed by atoms with E-state index in [0.717, 1.165) is 39.1 Å². The van der Waals surface area contributed by atoms with E-state index < -0.39 is 0 Å². The Kier molecular flexibility index (Phi) is 28.6. The molecule has 32 heavy (non-hydrogen) atoms. The second-order valence-electron chi connectivity index (χ2n) is 8.55. The maximum absolute atomic E-state index is 9.26. The average Bonchev–Trinajstić information content (AvgIpc) is 2.80. The molecule has 0 saturated carbocycles. The van der Waals surface area contributed by atoms with Crippen LogP contribution in [0.25, 0.3) is 0 Å². The van der Waals surface area contributed by atoms with Crippen molar-refractivity contribution in [2.45, 2.75) is 90.9 Å². The van der Waals surface area contributed by atoms with E-state index in [1.807, 2.05) is 0 Å². The fourth-order valence-electron chi connectivity index (χ4n) is 3.48. The molecule has 0 radical (unpaired) electrons. The highest BCUT2D eigenvalue weighted by Crippen LogP contribution is 2.05. The molecule has 0 aliphatic heterocycles. The molecule has 6 nitrogen and oxygen atoms in total. The van der Waals surface area contributed by atoms with Crippen molar-refractivity contribution >= 4 is 0 Å². The molecule has 0 heterocycles. The van der Waals surface area contributed by atoms with Crippen molar-refractivity contribution in [2.75, 3.05) is 79.1 Å². The minimum atomic E-state index is 0.155. The van der Waals surface area contributed by atoms with E-state index in [9.17, 15) is 5.11 Å². The summed E-state index contributed by atoms with van der Waals surface area (Å²) in [4.78, 5) is 2.17. The molecular formula is C26H55NO5. The van der Waals surface area contributed by atoms with Crippen LogP contribution in [-0.2, 0) is 18.9 Å². The van der Waals surface area contributed by atoms with E-state index in [2.05, 4.69) is 18.7 Å². The molecular weight excluding hydrogens is 406 g/mol. The molecule has 194 valence electrons. The number of hydrogen-bond acceptors (Lipinski definition) is 6. The molecule has 0 fully saturated rings. The van der Waals surface area contributed by atoms with Crippen LogP contribution < -0.4 is 0 Å². The van der Waals surface area contributed by atoms with Gasteiger partial charge in [-0.2, -0.15) is 0 Å². The van der Waals surface area contributed by atoms with Gasteiger partial charge in [0.05, 0.1) is 46.2 Å². The molecule has 0 unspecified atom stereocenters. The Balaban J connectivity index is 3.39. The van der Waals surface area contributed by atoms with Gasteiger partial charge in [-0.3, -0.25) is 4.90 Å². The summed E-state index contributed by atoms with van der Waals surface area (Å²) in [7, 11) is 0. The molecule has 0 aromatic heterocycles. The summed E-state index contributed by atoms with van der Waals surface area (Å²) in [5.41, 5.74) is 0. The molecule has 0 atom stereocenters. The summed E-state index contributed by atoms with van der Waals surface area (Å²) in [5, 5.41) is 9.26. The lowest BCUT2D eigenvalue weighted by molar-refractivity contribution is 0.0204. The Bertz CT molecular complexity index is 305. The highest BCUT2D eigenvalue weighted by Gasteiger charge is 2.04. The predicted octanol–water partition coefficient (Wildman–Crippen LogP) is 5.07. The van der Waals surface area contributed by atoms with Crippen LogP contribution >= 0.6 is 0 Å². The van der Waals surface area contributed by atoms with Gasteiger partial charge < -0.3 is 24.1 Å². The lowest BCUT2D eigenvalue weighted by Crippen LogP contribution is -2.34. The topological polar surface area (TPSA) is 60.4 Å². The monoisotopic (exact) mass is 461 g/mol. The van der Waals surface area contributed by atoms with Gasteiger partial charge in [0.1, 0.15) is 0 Å². The quantitative estimate of drug-likeness (QED) is 0.164. The maximum Gasteiger partial charge on any atom is 0.0701 e. The normalized spacial score (nSPS) is 11.6. The van der Waals surface area contributed by atoms with Gasteiger partial charge in [-0.05, 0) is 12.8 Å². The van der Waals surface area contributed by atoms with Crippen molar-refractivity contribution in [2.24, 2.45) is 0 Å². The average molecular weight is 462 g/mol. The Hall–Kier alpha value is -0.240. The number of rotatable bonds is 28. The van der Waals surface area contributed by atoms with Crippen molar-refractivity contribution in [3.63, 3.8) is 0 Å². The predicted molar refractivity (Wildman–Crippen MR) is 134 cm³/mol. The Labute approximate surface area is 199 Å². The van der Waals surface area contributed by atoms with Crippen LogP contribution in [0.2, 0.25) is 0 Å². The molecule has 0 amide bonds. The van der Waals surface area contributed by atoms with Gasteiger partial charge in [0, 0.05) is 32.8 Å². The first-order valence-electron chi connectivity index (χ1n) is 13.5. The van der Waals surface area contributed by atoms with Gasteiger partial charge in [0.2, 0.25) is 0 Å². The van der Waals surface area contributed by atoms with Gasteiger partial charge in [0.15, 0.2) is 0 Å². The Morgan fingerprint density at radius 2 is 0.812 bits per heavy atom. The van der Waals surface area contributed by atoms with E-state index in [-0.39, 0.29) is 6.61 Å². The van der Waals surface area contributed by atoms with E-state index >= 15 is 0 Å². The van der Waals surface area contributed by atoms with Crippen LogP contribution in [0.15, 0.2) is 0 Å². The van der Waals surface area contributed by atoms with Crippen LogP contribution in [0, 0.1) is 0 Å². The van der Waals surface area contributed by atoms with E-state index in [1.165, 1.54) is 64.2 Å². The third-order valence-electron chi connectivity index (χ3n) is 5.55. The molecule has 0 spiro atoms. The van der Waals surface area contributed by atoms with Crippen molar-refractivity contribution < 1.29 is 24.1 Å². The number of aliphatic hydroxyl groups is 1. The highest BCUT2D eigenvalue weighted by molar-refractivity contribution is 4.56. The first kappa shape index (κ1) is 31.8. The second-order valence-corrected chi connectivity index (χ2v) is 8.55. The largest absolute Gasteiger partial charge is 0.395 e. The summed E-state index contributed by atoms with van der Waals surface area (Å²) in [6, 6.07) is 0.